The zero-order chi connectivity index (χ0) is 14.2. The smallest absolute Gasteiger partial charge is 0.154 e. The van der Waals surface area contributed by atoms with E-state index in [4.69, 9.17) is 28.8 Å². The van der Waals surface area contributed by atoms with Crippen molar-refractivity contribution in [3.8, 4) is 0 Å². The van der Waals surface area contributed by atoms with Gasteiger partial charge >= 0.3 is 0 Å². The van der Waals surface area contributed by atoms with Crippen LogP contribution in [0, 0.1) is 0 Å². The molecule has 100 valence electrons. The van der Waals surface area contributed by atoms with Crippen LogP contribution in [0.15, 0.2) is 59.6 Å². The van der Waals surface area contributed by atoms with Gasteiger partial charge < -0.3 is 5.32 Å². The SMILES string of the molecule is C[C@@]1(c2ccc(Cl)cc2)N=C(c2ccccc2)C(=S)N1. The van der Waals surface area contributed by atoms with Crippen LogP contribution in [-0.2, 0) is 5.66 Å². The number of hydrogen-bond acceptors (Lipinski definition) is 2. The van der Waals surface area contributed by atoms with Gasteiger partial charge in [-0.15, -0.1) is 0 Å². The molecule has 0 bridgehead atoms. The van der Waals surface area contributed by atoms with E-state index in [0.29, 0.717) is 10.0 Å². The molecule has 1 N–H and O–H groups in total. The predicted molar refractivity (Wildman–Crippen MR) is 87.5 cm³/mol. The highest BCUT2D eigenvalue weighted by Crippen LogP contribution is 2.29. The van der Waals surface area contributed by atoms with Crippen LogP contribution in [0.5, 0.6) is 0 Å². The number of benzene rings is 2. The Morgan fingerprint density at radius 1 is 1.05 bits per heavy atom. The van der Waals surface area contributed by atoms with Gasteiger partial charge in [0.15, 0.2) is 5.66 Å². The van der Waals surface area contributed by atoms with Crippen molar-refractivity contribution in [3.05, 3.63) is 70.7 Å². The van der Waals surface area contributed by atoms with Gasteiger partial charge in [0.1, 0.15) is 10.7 Å². The molecule has 1 aliphatic rings. The Labute approximate surface area is 128 Å². The number of hydrogen-bond donors (Lipinski definition) is 1. The zero-order valence-electron chi connectivity index (χ0n) is 10.9. The molecule has 0 aromatic heterocycles. The fourth-order valence-electron chi connectivity index (χ4n) is 2.29. The molecule has 1 aliphatic heterocycles. The van der Waals surface area contributed by atoms with Gasteiger partial charge in [-0.25, -0.2) is 4.99 Å². The number of halogens is 1. The molecule has 0 radical (unpaired) electrons. The van der Waals surface area contributed by atoms with Crippen LogP contribution in [0.2, 0.25) is 5.02 Å². The molecular formula is C16H13ClN2S. The lowest BCUT2D eigenvalue weighted by molar-refractivity contribution is 0.480. The van der Waals surface area contributed by atoms with Gasteiger partial charge in [-0.2, -0.15) is 0 Å². The minimum atomic E-state index is -0.535. The average molecular weight is 301 g/mol. The highest BCUT2D eigenvalue weighted by atomic mass is 35.5. The van der Waals surface area contributed by atoms with E-state index in [1.54, 1.807) is 0 Å². The summed E-state index contributed by atoms with van der Waals surface area (Å²) in [5.41, 5.74) is 2.36. The number of rotatable bonds is 2. The highest BCUT2D eigenvalue weighted by Gasteiger charge is 2.34. The lowest BCUT2D eigenvalue weighted by Crippen LogP contribution is -2.36. The third-order valence-electron chi connectivity index (χ3n) is 3.36. The third kappa shape index (κ3) is 2.35. The van der Waals surface area contributed by atoms with E-state index in [-0.39, 0.29) is 0 Å². The first kappa shape index (κ1) is 13.3. The maximum atomic E-state index is 5.93. The van der Waals surface area contributed by atoms with Crippen LogP contribution >= 0.6 is 23.8 Å². The fraction of sp³-hybridized carbons (Fsp3) is 0.125. The van der Waals surface area contributed by atoms with Crippen molar-refractivity contribution in [3.63, 3.8) is 0 Å². The van der Waals surface area contributed by atoms with Gasteiger partial charge in [0, 0.05) is 10.6 Å². The molecule has 0 amide bonds. The molecule has 0 aliphatic carbocycles. The lowest BCUT2D eigenvalue weighted by Gasteiger charge is -2.22. The second kappa shape index (κ2) is 5.00. The largest absolute Gasteiger partial charge is 0.347 e. The first-order valence-corrected chi connectivity index (χ1v) is 7.11. The molecule has 0 spiro atoms. The van der Waals surface area contributed by atoms with Gasteiger partial charge in [-0.3, -0.25) is 0 Å². The molecule has 1 atom stereocenters. The van der Waals surface area contributed by atoms with Crippen LogP contribution in [0.4, 0.5) is 0 Å². The molecule has 0 unspecified atom stereocenters. The van der Waals surface area contributed by atoms with Crippen LogP contribution in [0.25, 0.3) is 0 Å². The normalized spacial score (nSPS) is 21.5. The zero-order valence-corrected chi connectivity index (χ0v) is 12.5. The summed E-state index contributed by atoms with van der Waals surface area (Å²) in [6.07, 6.45) is 0. The molecule has 2 aromatic carbocycles. The summed E-state index contributed by atoms with van der Waals surface area (Å²) in [7, 11) is 0. The van der Waals surface area contributed by atoms with Crippen LogP contribution < -0.4 is 5.32 Å². The minimum absolute atomic E-state index is 0.535. The van der Waals surface area contributed by atoms with Crippen LogP contribution in [-0.4, -0.2) is 10.7 Å². The molecule has 2 nitrogen and oxygen atoms in total. The first-order chi connectivity index (χ1) is 9.58. The van der Waals surface area contributed by atoms with Gasteiger partial charge in [0.25, 0.3) is 0 Å². The highest BCUT2D eigenvalue weighted by molar-refractivity contribution is 7.82. The Balaban J connectivity index is 2.02. The van der Waals surface area contributed by atoms with Gasteiger partial charge in [-0.05, 0) is 24.6 Å². The first-order valence-electron chi connectivity index (χ1n) is 6.32. The van der Waals surface area contributed by atoms with Crippen molar-refractivity contribution in [1.29, 1.82) is 0 Å². The summed E-state index contributed by atoms with van der Waals surface area (Å²) in [6, 6.07) is 17.6. The Hall–Kier alpha value is -1.71. The molecule has 20 heavy (non-hydrogen) atoms. The maximum Gasteiger partial charge on any atom is 0.154 e. The summed E-state index contributed by atoms with van der Waals surface area (Å²) < 4.78 is 0. The van der Waals surface area contributed by atoms with E-state index in [9.17, 15) is 0 Å². The van der Waals surface area contributed by atoms with E-state index in [2.05, 4.69) is 5.32 Å². The van der Waals surface area contributed by atoms with Crippen molar-refractivity contribution in [2.45, 2.75) is 12.6 Å². The van der Waals surface area contributed by atoms with Gasteiger partial charge in [0.05, 0.1) is 0 Å². The monoisotopic (exact) mass is 300 g/mol. The van der Waals surface area contributed by atoms with Crippen molar-refractivity contribution in [2.75, 3.05) is 0 Å². The van der Waals surface area contributed by atoms with E-state index in [1.807, 2.05) is 61.5 Å². The van der Waals surface area contributed by atoms with Crippen molar-refractivity contribution < 1.29 is 0 Å². The Kier molecular flexibility index (Phi) is 3.32. The van der Waals surface area contributed by atoms with E-state index in [1.165, 1.54) is 0 Å². The standard InChI is InChI=1S/C16H13ClN2S/c1-16(12-7-9-13(17)10-8-12)18-14(15(20)19-16)11-5-3-2-4-6-11/h2-10H,1H3,(H,19,20)/t16-/m1/s1. The molecule has 0 saturated heterocycles. The minimum Gasteiger partial charge on any atom is -0.347 e. The molecule has 1 heterocycles. The van der Waals surface area contributed by atoms with Crippen molar-refractivity contribution in [1.82, 2.24) is 5.32 Å². The summed E-state index contributed by atoms with van der Waals surface area (Å²) in [5.74, 6) is 0. The fourth-order valence-corrected chi connectivity index (χ4v) is 2.77. The summed E-state index contributed by atoms with van der Waals surface area (Å²) in [5, 5.41) is 4.01. The quantitative estimate of drug-likeness (QED) is 0.850. The predicted octanol–water partition coefficient (Wildman–Crippen LogP) is 3.93. The third-order valence-corrected chi connectivity index (χ3v) is 3.91. The topological polar surface area (TPSA) is 24.4 Å². The van der Waals surface area contributed by atoms with Crippen molar-refractivity contribution in [2.24, 2.45) is 4.99 Å². The molecule has 0 saturated carbocycles. The van der Waals surface area contributed by atoms with E-state index in [0.717, 1.165) is 16.8 Å². The Morgan fingerprint density at radius 2 is 1.70 bits per heavy atom. The average Bonchev–Trinajstić information content (AvgIpc) is 2.77. The van der Waals surface area contributed by atoms with Crippen molar-refractivity contribution >= 4 is 34.5 Å². The maximum absolute atomic E-state index is 5.93. The second-order valence-corrected chi connectivity index (χ2v) is 5.70. The van der Waals surface area contributed by atoms with E-state index < -0.39 is 5.66 Å². The van der Waals surface area contributed by atoms with Gasteiger partial charge in [-0.1, -0.05) is 66.3 Å². The number of nitrogens with one attached hydrogen (secondary N) is 1. The Morgan fingerprint density at radius 3 is 2.35 bits per heavy atom. The Bertz CT molecular complexity index is 679. The molecular weight excluding hydrogens is 288 g/mol. The summed E-state index contributed by atoms with van der Waals surface area (Å²) in [6.45, 7) is 2.01. The molecule has 3 rings (SSSR count). The molecule has 4 heteroatoms. The number of nitrogens with zero attached hydrogens (tertiary/aromatic N) is 1. The number of thiocarbonyl (C=S) groups is 1. The molecule has 0 fully saturated rings. The summed E-state index contributed by atoms with van der Waals surface area (Å²) in [4.78, 5) is 5.47. The van der Waals surface area contributed by atoms with E-state index >= 15 is 0 Å². The lowest BCUT2D eigenvalue weighted by atomic mass is 10.0. The second-order valence-electron chi connectivity index (χ2n) is 4.86. The van der Waals surface area contributed by atoms with Crippen LogP contribution in [0.3, 0.4) is 0 Å². The van der Waals surface area contributed by atoms with Gasteiger partial charge in [0.2, 0.25) is 0 Å². The molecule has 2 aromatic rings. The number of aliphatic imine (C=N–C) groups is 1. The van der Waals surface area contributed by atoms with Crippen LogP contribution in [0.1, 0.15) is 18.1 Å². The summed E-state index contributed by atoms with van der Waals surface area (Å²) >= 11 is 11.4.